The van der Waals surface area contributed by atoms with Gasteiger partial charge in [0.15, 0.2) is 0 Å². The van der Waals surface area contributed by atoms with Crippen LogP contribution in [0.2, 0.25) is 0 Å². The van der Waals surface area contributed by atoms with E-state index in [1.807, 2.05) is 45.8 Å². The molecule has 5 nitrogen and oxygen atoms in total. The molecule has 0 aromatic carbocycles. The molecule has 1 rings (SSSR count). The first kappa shape index (κ1) is 12.7. The molecule has 0 aliphatic rings. The summed E-state index contributed by atoms with van der Waals surface area (Å²) in [5.74, 6) is 2.29. The second-order valence-corrected chi connectivity index (χ2v) is 4.44. The highest BCUT2D eigenvalue weighted by Crippen LogP contribution is 2.21. The van der Waals surface area contributed by atoms with Crippen LogP contribution in [-0.4, -0.2) is 41.3 Å². The van der Waals surface area contributed by atoms with Crippen LogP contribution in [0, 0.1) is 6.92 Å². The van der Waals surface area contributed by atoms with Crippen LogP contribution >= 0.6 is 0 Å². The number of hydrogen-bond acceptors (Lipinski definition) is 5. The van der Waals surface area contributed by atoms with Crippen LogP contribution in [0.25, 0.3) is 0 Å². The van der Waals surface area contributed by atoms with E-state index < -0.39 is 0 Å². The van der Waals surface area contributed by atoms with E-state index in [0.717, 1.165) is 11.6 Å². The van der Waals surface area contributed by atoms with Crippen molar-refractivity contribution < 1.29 is 5.11 Å². The first-order valence-electron chi connectivity index (χ1n) is 5.29. The zero-order chi connectivity index (χ0) is 12.3. The summed E-state index contributed by atoms with van der Waals surface area (Å²) >= 11 is 0. The van der Waals surface area contributed by atoms with Crippen molar-refractivity contribution in [3.63, 3.8) is 0 Å². The molecule has 1 heterocycles. The zero-order valence-corrected chi connectivity index (χ0v) is 10.6. The Morgan fingerprint density at radius 1 is 1.44 bits per heavy atom. The van der Waals surface area contributed by atoms with Crippen molar-refractivity contribution in [2.45, 2.75) is 26.3 Å². The van der Waals surface area contributed by atoms with Crippen molar-refractivity contribution in [2.75, 3.05) is 30.9 Å². The van der Waals surface area contributed by atoms with Crippen LogP contribution in [0.5, 0.6) is 0 Å². The summed E-state index contributed by atoms with van der Waals surface area (Å²) in [6, 6.07) is 1.87. The number of rotatable bonds is 4. The predicted molar refractivity (Wildman–Crippen MR) is 65.9 cm³/mol. The van der Waals surface area contributed by atoms with Crippen LogP contribution in [0.3, 0.4) is 0 Å². The molecule has 90 valence electrons. The summed E-state index contributed by atoms with van der Waals surface area (Å²) in [6.07, 6.45) is 0. The molecule has 0 bridgehead atoms. The molecule has 0 aliphatic carbocycles. The van der Waals surface area contributed by atoms with E-state index in [1.54, 1.807) is 0 Å². The van der Waals surface area contributed by atoms with Gasteiger partial charge in [0.1, 0.15) is 17.5 Å². The Morgan fingerprint density at radius 3 is 2.56 bits per heavy atom. The van der Waals surface area contributed by atoms with E-state index in [9.17, 15) is 5.11 Å². The molecule has 0 saturated heterocycles. The van der Waals surface area contributed by atoms with Crippen LogP contribution in [0.15, 0.2) is 6.07 Å². The summed E-state index contributed by atoms with van der Waals surface area (Å²) in [7, 11) is 3.74. The van der Waals surface area contributed by atoms with Crippen molar-refractivity contribution in [1.29, 1.82) is 0 Å². The fourth-order valence-corrected chi connectivity index (χ4v) is 1.27. The topological polar surface area (TPSA) is 61.3 Å². The second kappa shape index (κ2) is 4.65. The van der Waals surface area contributed by atoms with E-state index in [1.165, 1.54) is 0 Å². The lowest BCUT2D eigenvalue weighted by atomic mass is 10.1. The first-order valence-corrected chi connectivity index (χ1v) is 5.29. The van der Waals surface area contributed by atoms with Gasteiger partial charge in [-0.2, -0.15) is 0 Å². The molecule has 2 N–H and O–H groups in total. The maximum Gasteiger partial charge on any atom is 0.134 e. The number of aliphatic hydroxyl groups is 1. The average molecular weight is 224 g/mol. The highest BCUT2D eigenvalue weighted by molar-refractivity contribution is 5.50. The van der Waals surface area contributed by atoms with Gasteiger partial charge in [0.05, 0.1) is 12.1 Å². The van der Waals surface area contributed by atoms with Crippen LogP contribution in [0.4, 0.5) is 11.6 Å². The van der Waals surface area contributed by atoms with Gasteiger partial charge in [-0.25, -0.2) is 9.97 Å². The molecule has 16 heavy (non-hydrogen) atoms. The van der Waals surface area contributed by atoms with Gasteiger partial charge in [-0.05, 0) is 20.8 Å². The minimum atomic E-state index is -0.341. The Balaban J connectivity index is 3.08. The van der Waals surface area contributed by atoms with Gasteiger partial charge in [0.2, 0.25) is 0 Å². The third-order valence-electron chi connectivity index (χ3n) is 2.72. The Kier molecular flexibility index (Phi) is 3.70. The van der Waals surface area contributed by atoms with Gasteiger partial charge in [-0.3, -0.25) is 0 Å². The maximum atomic E-state index is 9.32. The summed E-state index contributed by atoms with van der Waals surface area (Å²) < 4.78 is 0. The fourth-order valence-electron chi connectivity index (χ4n) is 1.27. The Labute approximate surface area is 96.5 Å². The summed E-state index contributed by atoms with van der Waals surface area (Å²) in [5.41, 5.74) is -0.341. The highest BCUT2D eigenvalue weighted by atomic mass is 16.3. The van der Waals surface area contributed by atoms with Gasteiger partial charge in [-0.15, -0.1) is 0 Å². The van der Waals surface area contributed by atoms with Gasteiger partial charge in [0.25, 0.3) is 0 Å². The Morgan fingerprint density at radius 2 is 2.06 bits per heavy atom. The Bertz CT molecular complexity index is 365. The Hall–Kier alpha value is -1.36. The minimum absolute atomic E-state index is 0.0709. The molecular formula is C11H20N4O. The van der Waals surface area contributed by atoms with Gasteiger partial charge in [-0.1, -0.05) is 0 Å². The van der Waals surface area contributed by atoms with Crippen molar-refractivity contribution in [1.82, 2.24) is 9.97 Å². The van der Waals surface area contributed by atoms with Gasteiger partial charge >= 0.3 is 0 Å². The molecule has 1 aromatic rings. The number of aromatic nitrogens is 2. The molecule has 5 heteroatoms. The molecule has 0 radical (unpaired) electrons. The third kappa shape index (κ3) is 2.61. The number of anilines is 2. The summed E-state index contributed by atoms with van der Waals surface area (Å²) in [4.78, 5) is 10.5. The normalized spacial score (nSPS) is 11.4. The molecule has 1 aromatic heterocycles. The number of aryl methyl sites for hydroxylation is 1. The fraction of sp³-hybridized carbons (Fsp3) is 0.636. The van der Waals surface area contributed by atoms with Crippen LogP contribution in [-0.2, 0) is 0 Å². The van der Waals surface area contributed by atoms with Crippen molar-refractivity contribution in [3.05, 3.63) is 11.9 Å². The van der Waals surface area contributed by atoms with Gasteiger partial charge in [0, 0.05) is 20.2 Å². The molecule has 0 saturated carbocycles. The molecular weight excluding hydrogens is 204 g/mol. The minimum Gasteiger partial charge on any atom is -0.394 e. The molecule has 0 aliphatic heterocycles. The molecule has 0 spiro atoms. The quantitative estimate of drug-likeness (QED) is 0.800. The predicted octanol–water partition coefficient (Wildman–Crippen LogP) is 1.03. The maximum absolute atomic E-state index is 9.32. The van der Waals surface area contributed by atoms with E-state index in [0.29, 0.717) is 5.82 Å². The summed E-state index contributed by atoms with van der Waals surface area (Å²) in [6.45, 7) is 5.85. The number of nitrogens with zero attached hydrogens (tertiary/aromatic N) is 3. The third-order valence-corrected chi connectivity index (χ3v) is 2.72. The van der Waals surface area contributed by atoms with E-state index >= 15 is 0 Å². The standard InChI is InChI=1S/C11H20N4O/c1-8-13-9(12-4)6-10(14-8)15(5)11(2,3)7-16/h6,16H,7H2,1-5H3,(H,12,13,14). The largest absolute Gasteiger partial charge is 0.394 e. The number of aliphatic hydroxyl groups excluding tert-OH is 1. The smallest absolute Gasteiger partial charge is 0.134 e. The van der Waals surface area contributed by atoms with E-state index in [2.05, 4.69) is 15.3 Å². The van der Waals surface area contributed by atoms with Crippen LogP contribution in [0.1, 0.15) is 19.7 Å². The first-order chi connectivity index (χ1) is 7.40. The van der Waals surface area contributed by atoms with Crippen molar-refractivity contribution >= 4 is 11.6 Å². The second-order valence-electron chi connectivity index (χ2n) is 4.44. The summed E-state index contributed by atoms with van der Waals surface area (Å²) in [5, 5.41) is 12.3. The van der Waals surface area contributed by atoms with Crippen molar-refractivity contribution in [3.8, 4) is 0 Å². The van der Waals surface area contributed by atoms with Crippen LogP contribution < -0.4 is 10.2 Å². The molecule has 0 unspecified atom stereocenters. The lowest BCUT2D eigenvalue weighted by molar-refractivity contribution is 0.215. The SMILES string of the molecule is CNc1cc(N(C)C(C)(C)CO)nc(C)n1. The zero-order valence-electron chi connectivity index (χ0n) is 10.6. The van der Waals surface area contributed by atoms with E-state index in [4.69, 9.17) is 0 Å². The molecule has 0 fully saturated rings. The lowest BCUT2D eigenvalue weighted by Crippen LogP contribution is -2.44. The average Bonchev–Trinajstić information content (AvgIpc) is 2.27. The monoisotopic (exact) mass is 224 g/mol. The highest BCUT2D eigenvalue weighted by Gasteiger charge is 2.24. The number of likely N-dealkylation sites (N-methyl/N-ethyl adjacent to an activating group) is 1. The lowest BCUT2D eigenvalue weighted by Gasteiger charge is -2.35. The number of nitrogens with one attached hydrogen (secondary N) is 1. The molecule has 0 atom stereocenters. The van der Waals surface area contributed by atoms with Crippen molar-refractivity contribution in [2.24, 2.45) is 0 Å². The van der Waals surface area contributed by atoms with Gasteiger partial charge < -0.3 is 15.3 Å². The molecule has 0 amide bonds. The number of hydrogen-bond donors (Lipinski definition) is 2. The van der Waals surface area contributed by atoms with E-state index in [-0.39, 0.29) is 12.1 Å².